The van der Waals surface area contributed by atoms with Gasteiger partial charge in [0.1, 0.15) is 11.5 Å². The van der Waals surface area contributed by atoms with Crippen LogP contribution in [0.1, 0.15) is 5.56 Å². The van der Waals surface area contributed by atoms with Crippen molar-refractivity contribution in [2.45, 2.75) is 0 Å². The lowest BCUT2D eigenvalue weighted by Crippen LogP contribution is -1.86. The molecule has 3 rings (SSSR count). The minimum absolute atomic E-state index is 0.232. The Balaban J connectivity index is 1.90. The second-order valence-corrected chi connectivity index (χ2v) is 5.07. The SMILES string of the molecule is COc1ccc(N=Cc2cccc(-c3ccccc3)c2O)cc1. The van der Waals surface area contributed by atoms with Gasteiger partial charge in [-0.1, -0.05) is 42.5 Å². The fraction of sp³-hybridized carbons (Fsp3) is 0.0500. The molecule has 0 atom stereocenters. The number of nitrogens with zero attached hydrogens (tertiary/aromatic N) is 1. The minimum atomic E-state index is 0.232. The fourth-order valence-electron chi connectivity index (χ4n) is 2.33. The lowest BCUT2D eigenvalue weighted by molar-refractivity contribution is 0.415. The first-order valence-electron chi connectivity index (χ1n) is 7.33. The Kier molecular flexibility index (Phi) is 4.39. The molecule has 0 saturated carbocycles. The number of aromatic hydroxyl groups is 1. The molecule has 23 heavy (non-hydrogen) atoms. The summed E-state index contributed by atoms with van der Waals surface area (Å²) in [6.45, 7) is 0. The molecule has 3 aromatic rings. The maximum atomic E-state index is 10.5. The topological polar surface area (TPSA) is 41.8 Å². The zero-order valence-corrected chi connectivity index (χ0v) is 12.8. The molecule has 0 fully saturated rings. The number of para-hydroxylation sites is 1. The van der Waals surface area contributed by atoms with Crippen LogP contribution in [0.2, 0.25) is 0 Å². The molecule has 3 aromatic carbocycles. The Morgan fingerprint density at radius 3 is 2.30 bits per heavy atom. The zero-order chi connectivity index (χ0) is 16.1. The summed E-state index contributed by atoms with van der Waals surface area (Å²) in [5, 5.41) is 10.5. The molecule has 0 spiro atoms. The Morgan fingerprint density at radius 1 is 0.870 bits per heavy atom. The number of hydrogen-bond acceptors (Lipinski definition) is 3. The fourth-order valence-corrected chi connectivity index (χ4v) is 2.33. The number of hydrogen-bond donors (Lipinski definition) is 1. The standard InChI is InChI=1S/C20H17NO2/c1-23-18-12-10-17(11-13-18)21-14-16-8-5-9-19(20(16)22)15-6-3-2-4-7-15/h2-14,22H,1H3. The van der Waals surface area contributed by atoms with E-state index in [2.05, 4.69) is 4.99 Å². The van der Waals surface area contributed by atoms with Gasteiger partial charge in [-0.3, -0.25) is 4.99 Å². The lowest BCUT2D eigenvalue weighted by Gasteiger charge is -2.07. The Bertz CT molecular complexity index is 809. The van der Waals surface area contributed by atoms with Crippen LogP contribution in [-0.2, 0) is 0 Å². The van der Waals surface area contributed by atoms with Gasteiger partial charge in [0.05, 0.1) is 12.8 Å². The second kappa shape index (κ2) is 6.79. The van der Waals surface area contributed by atoms with Crippen molar-refractivity contribution in [3.8, 4) is 22.6 Å². The van der Waals surface area contributed by atoms with Gasteiger partial charge in [0, 0.05) is 17.3 Å². The van der Waals surface area contributed by atoms with Crippen molar-refractivity contribution < 1.29 is 9.84 Å². The van der Waals surface area contributed by atoms with Crippen molar-refractivity contribution >= 4 is 11.9 Å². The first-order chi connectivity index (χ1) is 11.3. The van der Waals surface area contributed by atoms with Crippen LogP contribution in [0.15, 0.2) is 77.8 Å². The van der Waals surface area contributed by atoms with E-state index < -0.39 is 0 Å². The van der Waals surface area contributed by atoms with Gasteiger partial charge in [-0.25, -0.2) is 0 Å². The monoisotopic (exact) mass is 303 g/mol. The van der Waals surface area contributed by atoms with E-state index in [0.717, 1.165) is 22.6 Å². The third-order valence-electron chi connectivity index (χ3n) is 3.58. The van der Waals surface area contributed by atoms with Crippen LogP contribution in [0, 0.1) is 0 Å². The van der Waals surface area contributed by atoms with Crippen LogP contribution in [0.5, 0.6) is 11.5 Å². The summed E-state index contributed by atoms with van der Waals surface area (Å²) >= 11 is 0. The van der Waals surface area contributed by atoms with Crippen LogP contribution >= 0.6 is 0 Å². The minimum Gasteiger partial charge on any atom is -0.507 e. The highest BCUT2D eigenvalue weighted by molar-refractivity contribution is 5.89. The van der Waals surface area contributed by atoms with Crippen LogP contribution < -0.4 is 4.74 Å². The molecule has 0 heterocycles. The van der Waals surface area contributed by atoms with Gasteiger partial charge in [-0.05, 0) is 35.9 Å². The summed E-state index contributed by atoms with van der Waals surface area (Å²) in [4.78, 5) is 4.41. The van der Waals surface area contributed by atoms with E-state index in [1.54, 1.807) is 13.3 Å². The van der Waals surface area contributed by atoms with Gasteiger partial charge in [-0.15, -0.1) is 0 Å². The number of methoxy groups -OCH3 is 1. The highest BCUT2D eigenvalue weighted by Crippen LogP contribution is 2.31. The Labute approximate surface area is 135 Å². The van der Waals surface area contributed by atoms with E-state index >= 15 is 0 Å². The predicted molar refractivity (Wildman–Crippen MR) is 93.8 cm³/mol. The summed E-state index contributed by atoms with van der Waals surface area (Å²) in [7, 11) is 1.63. The van der Waals surface area contributed by atoms with Crippen molar-refractivity contribution in [3.05, 3.63) is 78.4 Å². The molecule has 0 radical (unpaired) electrons. The molecule has 0 unspecified atom stereocenters. The van der Waals surface area contributed by atoms with E-state index in [1.165, 1.54) is 0 Å². The summed E-state index contributed by atoms with van der Waals surface area (Å²) in [5.41, 5.74) is 3.26. The normalized spacial score (nSPS) is 10.8. The van der Waals surface area contributed by atoms with E-state index in [9.17, 15) is 5.11 Å². The van der Waals surface area contributed by atoms with Gasteiger partial charge >= 0.3 is 0 Å². The molecule has 0 aromatic heterocycles. The molecular weight excluding hydrogens is 286 g/mol. The van der Waals surface area contributed by atoms with E-state index in [0.29, 0.717) is 5.56 Å². The van der Waals surface area contributed by atoms with Gasteiger partial charge < -0.3 is 9.84 Å². The predicted octanol–water partition coefficient (Wildman–Crippen LogP) is 4.82. The van der Waals surface area contributed by atoms with Gasteiger partial charge in [-0.2, -0.15) is 0 Å². The summed E-state index contributed by atoms with van der Waals surface area (Å²) in [5.74, 6) is 1.02. The smallest absolute Gasteiger partial charge is 0.132 e. The van der Waals surface area contributed by atoms with E-state index in [4.69, 9.17) is 4.74 Å². The third kappa shape index (κ3) is 3.40. The van der Waals surface area contributed by atoms with Crippen LogP contribution in [0.3, 0.4) is 0 Å². The molecule has 0 saturated heterocycles. The average Bonchev–Trinajstić information content (AvgIpc) is 2.62. The number of rotatable bonds is 4. The summed E-state index contributed by atoms with van der Waals surface area (Å²) in [6.07, 6.45) is 1.67. The molecule has 3 heteroatoms. The van der Waals surface area contributed by atoms with Crippen LogP contribution in [0.25, 0.3) is 11.1 Å². The summed E-state index contributed by atoms with van der Waals surface area (Å²) in [6, 6.07) is 22.9. The first-order valence-corrected chi connectivity index (χ1v) is 7.33. The number of aliphatic imine (C=N–C) groups is 1. The van der Waals surface area contributed by atoms with Gasteiger partial charge in [0.2, 0.25) is 0 Å². The third-order valence-corrected chi connectivity index (χ3v) is 3.58. The van der Waals surface area contributed by atoms with E-state index in [-0.39, 0.29) is 5.75 Å². The van der Waals surface area contributed by atoms with Crippen molar-refractivity contribution in [1.82, 2.24) is 0 Å². The molecule has 0 bridgehead atoms. The van der Waals surface area contributed by atoms with Gasteiger partial charge in [0.25, 0.3) is 0 Å². The maximum absolute atomic E-state index is 10.5. The second-order valence-electron chi connectivity index (χ2n) is 5.07. The molecule has 3 nitrogen and oxygen atoms in total. The highest BCUT2D eigenvalue weighted by atomic mass is 16.5. The number of ether oxygens (including phenoxy) is 1. The quantitative estimate of drug-likeness (QED) is 0.702. The molecular formula is C20H17NO2. The Morgan fingerprint density at radius 2 is 1.61 bits per heavy atom. The van der Waals surface area contributed by atoms with Crippen LogP contribution in [-0.4, -0.2) is 18.4 Å². The van der Waals surface area contributed by atoms with Crippen molar-refractivity contribution in [2.75, 3.05) is 7.11 Å². The zero-order valence-electron chi connectivity index (χ0n) is 12.8. The lowest BCUT2D eigenvalue weighted by atomic mass is 10.0. The number of phenolic OH excluding ortho intramolecular Hbond substituents is 1. The number of phenols is 1. The van der Waals surface area contributed by atoms with Crippen molar-refractivity contribution in [2.24, 2.45) is 4.99 Å². The molecule has 0 amide bonds. The molecule has 1 N–H and O–H groups in total. The summed E-state index contributed by atoms with van der Waals surface area (Å²) < 4.78 is 5.12. The highest BCUT2D eigenvalue weighted by Gasteiger charge is 2.07. The van der Waals surface area contributed by atoms with Crippen LogP contribution in [0.4, 0.5) is 5.69 Å². The molecule has 0 aliphatic rings. The maximum Gasteiger partial charge on any atom is 0.132 e. The molecule has 0 aliphatic carbocycles. The molecule has 0 aliphatic heterocycles. The largest absolute Gasteiger partial charge is 0.507 e. The first kappa shape index (κ1) is 14.9. The van der Waals surface area contributed by atoms with Crippen molar-refractivity contribution in [3.63, 3.8) is 0 Å². The average molecular weight is 303 g/mol. The number of benzene rings is 3. The van der Waals surface area contributed by atoms with Gasteiger partial charge in [0.15, 0.2) is 0 Å². The van der Waals surface area contributed by atoms with E-state index in [1.807, 2.05) is 72.8 Å². The Hall–Kier alpha value is -3.07. The van der Waals surface area contributed by atoms with Crippen molar-refractivity contribution in [1.29, 1.82) is 0 Å². The molecule has 114 valence electrons.